The summed E-state index contributed by atoms with van der Waals surface area (Å²) in [5.41, 5.74) is 0.452. The average Bonchev–Trinajstić information content (AvgIpc) is 3.35. The van der Waals surface area contributed by atoms with Crippen LogP contribution in [0.5, 0.6) is 0 Å². The van der Waals surface area contributed by atoms with Crippen LogP contribution >= 0.6 is 0 Å². The maximum Gasteiger partial charge on any atom is 0.433 e. The number of ketones is 1. The number of fused-ring (bicyclic) bond motifs is 5. The Morgan fingerprint density at radius 3 is 2.50 bits per heavy atom. The van der Waals surface area contributed by atoms with Gasteiger partial charge in [-0.15, -0.1) is 0 Å². The van der Waals surface area contributed by atoms with Gasteiger partial charge in [-0.3, -0.25) is 14.9 Å². The van der Waals surface area contributed by atoms with Crippen LogP contribution in [0.4, 0.5) is 5.88 Å². The quantitative estimate of drug-likeness (QED) is 0.543. The van der Waals surface area contributed by atoms with Crippen molar-refractivity contribution in [3.63, 3.8) is 0 Å². The van der Waals surface area contributed by atoms with Gasteiger partial charge in [-0.1, -0.05) is 13.8 Å². The van der Waals surface area contributed by atoms with Crippen molar-refractivity contribution in [3.8, 4) is 0 Å². The molecule has 8 nitrogen and oxygen atoms in total. The molecule has 5 rings (SSSR count). The second-order valence-electron chi connectivity index (χ2n) is 10.7. The molecule has 1 N–H and O–H groups in total. The number of Topliss-reactive ketones (excluding diaryl/α,β-unsaturated/α-hetero) is 1. The molecule has 4 aliphatic rings. The Kier molecular flexibility index (Phi) is 5.94. The third-order valence-electron chi connectivity index (χ3n) is 9.32. The summed E-state index contributed by atoms with van der Waals surface area (Å²) < 4.78 is 4.25. The van der Waals surface area contributed by atoms with Crippen molar-refractivity contribution >= 4 is 17.6 Å². The van der Waals surface area contributed by atoms with Crippen LogP contribution in [-0.2, 0) is 4.79 Å². The number of carbonyl (C=O) groups is 2. The Labute approximate surface area is 187 Å². The topological polar surface area (TPSA) is 134 Å². The van der Waals surface area contributed by atoms with Gasteiger partial charge < -0.3 is 19.4 Å². The zero-order valence-corrected chi connectivity index (χ0v) is 18.7. The minimum atomic E-state index is -1.57. The fourth-order valence-electron chi connectivity index (χ4n) is 7.54. The van der Waals surface area contributed by atoms with Crippen LogP contribution < -0.4 is 5.11 Å². The van der Waals surface area contributed by atoms with Gasteiger partial charge in [0.25, 0.3) is 0 Å². The Hall–Kier alpha value is -2.22. The Balaban J connectivity index is 0.000000189. The largest absolute Gasteiger partial charge is 0.542 e. The second kappa shape index (κ2) is 8.28. The standard InChI is InChI=1S/C19H30O2.C5H3NO5/c1-18-9-7-13(20)11-12(18)3-4-14-15-5-6-17(21)19(15,2)10-8-16(14)18;7-5(8)3-1-2-4(11-3)6(9)10/h12-16,20H,3-11H2,1-2H3;1-2H,(H,7,8)/p-1/t12-,13-,14-,15-,16-,18-,19-;/m0./s1. The summed E-state index contributed by atoms with van der Waals surface area (Å²) in [5, 5.41) is 30.0. The van der Waals surface area contributed by atoms with E-state index < -0.39 is 22.5 Å². The summed E-state index contributed by atoms with van der Waals surface area (Å²) in [6.45, 7) is 4.78. The maximum absolute atomic E-state index is 12.4. The maximum atomic E-state index is 12.4. The van der Waals surface area contributed by atoms with E-state index in [1.807, 2.05) is 0 Å². The lowest BCUT2D eigenvalue weighted by atomic mass is 9.45. The van der Waals surface area contributed by atoms with Gasteiger partial charge in [0.1, 0.15) is 16.7 Å². The van der Waals surface area contributed by atoms with Crippen LogP contribution in [0.1, 0.15) is 82.2 Å². The number of carboxylic acids is 1. The van der Waals surface area contributed by atoms with Crippen LogP contribution in [0.3, 0.4) is 0 Å². The molecule has 1 aromatic heterocycles. The molecule has 32 heavy (non-hydrogen) atoms. The second-order valence-corrected chi connectivity index (χ2v) is 10.7. The highest BCUT2D eigenvalue weighted by Gasteiger charge is 2.60. The van der Waals surface area contributed by atoms with Crippen molar-refractivity contribution in [1.82, 2.24) is 0 Å². The van der Waals surface area contributed by atoms with Crippen molar-refractivity contribution < 1.29 is 29.1 Å². The smallest absolute Gasteiger partial charge is 0.433 e. The highest BCUT2D eigenvalue weighted by atomic mass is 16.6. The number of nitrogens with zero attached hydrogens (tertiary/aromatic N) is 1. The molecule has 1 heterocycles. The number of rotatable bonds is 2. The third kappa shape index (κ3) is 3.76. The first-order chi connectivity index (χ1) is 15.1. The molecule has 0 unspecified atom stereocenters. The molecule has 176 valence electrons. The zero-order valence-electron chi connectivity index (χ0n) is 18.7. The van der Waals surface area contributed by atoms with Crippen molar-refractivity contribution in [3.05, 3.63) is 28.0 Å². The first-order valence-corrected chi connectivity index (χ1v) is 11.7. The van der Waals surface area contributed by atoms with E-state index in [1.54, 1.807) is 0 Å². The molecule has 4 aliphatic carbocycles. The SMILES string of the molecule is C[C@]12CC[C@H](O)C[C@@H]1CC[C@@H]1[C@@H]2CC[C@]2(C)C(=O)CC[C@@H]12.O=C([O-])c1ccc([N+](=O)[O-])o1. The summed E-state index contributed by atoms with van der Waals surface area (Å²) >= 11 is 0. The molecular formula is C24H32NO7-. The average molecular weight is 447 g/mol. The molecule has 7 atom stereocenters. The molecule has 0 aliphatic heterocycles. The third-order valence-corrected chi connectivity index (χ3v) is 9.32. The first kappa shape index (κ1) is 23.0. The van der Waals surface area contributed by atoms with Crippen molar-refractivity contribution in [2.45, 2.75) is 77.7 Å². The molecule has 0 bridgehead atoms. The summed E-state index contributed by atoms with van der Waals surface area (Å²) in [5.74, 6) is 0.813. The molecule has 0 saturated heterocycles. The number of furan rings is 1. The number of hydrogen-bond acceptors (Lipinski definition) is 7. The van der Waals surface area contributed by atoms with E-state index in [1.165, 1.54) is 25.7 Å². The predicted octanol–water partition coefficient (Wildman–Crippen LogP) is 3.51. The Morgan fingerprint density at radius 2 is 1.88 bits per heavy atom. The first-order valence-electron chi connectivity index (χ1n) is 11.7. The lowest BCUT2D eigenvalue weighted by Gasteiger charge is -2.60. The molecular weight excluding hydrogens is 414 g/mol. The molecule has 0 amide bonds. The summed E-state index contributed by atoms with van der Waals surface area (Å²) in [4.78, 5) is 31.5. The molecule has 0 spiro atoms. The van der Waals surface area contributed by atoms with Crippen LogP contribution in [0, 0.1) is 44.6 Å². The lowest BCUT2D eigenvalue weighted by Crippen LogP contribution is -2.54. The number of nitro groups is 1. The number of aliphatic hydroxyl groups excluding tert-OH is 1. The summed E-state index contributed by atoms with van der Waals surface area (Å²) in [6.07, 6.45) is 10.1. The molecule has 0 aromatic carbocycles. The van der Waals surface area contributed by atoms with Crippen molar-refractivity contribution in [2.24, 2.45) is 34.5 Å². The van der Waals surface area contributed by atoms with Gasteiger partial charge in [0, 0.05) is 11.8 Å². The summed E-state index contributed by atoms with van der Waals surface area (Å²) in [6, 6.07) is 1.92. The highest BCUT2D eigenvalue weighted by Crippen LogP contribution is 2.65. The Bertz CT molecular complexity index is 881. The number of aromatic carboxylic acids is 1. The zero-order chi connectivity index (χ0) is 23.3. The Morgan fingerprint density at radius 1 is 1.12 bits per heavy atom. The van der Waals surface area contributed by atoms with E-state index in [4.69, 9.17) is 0 Å². The predicted molar refractivity (Wildman–Crippen MR) is 112 cm³/mol. The van der Waals surface area contributed by atoms with Crippen LogP contribution in [0.2, 0.25) is 0 Å². The molecule has 8 heteroatoms. The van der Waals surface area contributed by atoms with Crippen LogP contribution in [0.25, 0.3) is 0 Å². The molecule has 4 saturated carbocycles. The van der Waals surface area contributed by atoms with Gasteiger partial charge in [-0.05, 0) is 86.5 Å². The minimum absolute atomic E-state index is 0.0124. The van der Waals surface area contributed by atoms with Gasteiger partial charge in [-0.25, -0.2) is 0 Å². The van der Waals surface area contributed by atoms with Gasteiger partial charge in [-0.2, -0.15) is 0 Å². The lowest BCUT2D eigenvalue weighted by molar-refractivity contribution is -0.402. The van der Waals surface area contributed by atoms with Crippen LogP contribution in [0.15, 0.2) is 16.5 Å². The molecule has 1 aromatic rings. The number of carbonyl (C=O) groups excluding carboxylic acids is 2. The monoisotopic (exact) mass is 446 g/mol. The van der Waals surface area contributed by atoms with Crippen molar-refractivity contribution in [1.29, 1.82) is 0 Å². The van der Waals surface area contributed by atoms with Crippen molar-refractivity contribution in [2.75, 3.05) is 0 Å². The van der Waals surface area contributed by atoms with E-state index in [9.17, 15) is 29.9 Å². The van der Waals surface area contributed by atoms with Gasteiger partial charge in [0.15, 0.2) is 5.76 Å². The number of aliphatic hydroxyl groups is 1. The van der Waals surface area contributed by atoms with E-state index in [2.05, 4.69) is 18.3 Å². The van der Waals surface area contributed by atoms with Gasteiger partial charge >= 0.3 is 5.88 Å². The van der Waals surface area contributed by atoms with E-state index >= 15 is 0 Å². The highest BCUT2D eigenvalue weighted by molar-refractivity contribution is 5.87. The fourth-order valence-corrected chi connectivity index (χ4v) is 7.54. The van der Waals surface area contributed by atoms with Gasteiger partial charge in [0.2, 0.25) is 0 Å². The van der Waals surface area contributed by atoms with E-state index in [-0.39, 0.29) is 11.5 Å². The van der Waals surface area contributed by atoms with E-state index in [0.29, 0.717) is 17.1 Å². The fraction of sp³-hybridized carbons (Fsp3) is 0.750. The van der Waals surface area contributed by atoms with E-state index in [0.717, 1.165) is 62.0 Å². The number of hydrogen-bond donors (Lipinski definition) is 1. The summed E-state index contributed by atoms with van der Waals surface area (Å²) in [7, 11) is 0. The molecule has 0 radical (unpaired) electrons. The number of carboxylic acid groups (broad SMARTS) is 1. The normalized spacial score (nSPS) is 40.3. The van der Waals surface area contributed by atoms with Gasteiger partial charge in [0.05, 0.1) is 12.2 Å². The molecule has 4 fully saturated rings. The van der Waals surface area contributed by atoms with Crippen LogP contribution in [-0.4, -0.2) is 27.9 Å². The minimum Gasteiger partial charge on any atom is -0.542 e.